The lowest BCUT2D eigenvalue weighted by molar-refractivity contribution is 1.28. The fourth-order valence-corrected chi connectivity index (χ4v) is 6.51. The molecule has 0 bridgehead atoms. The highest BCUT2D eigenvalue weighted by Crippen LogP contribution is 2.38. The van der Waals surface area contributed by atoms with Crippen LogP contribution >= 0.6 is 0 Å². The summed E-state index contributed by atoms with van der Waals surface area (Å²) in [7, 11) is 0. The first kappa shape index (κ1) is 32.9. The fourth-order valence-electron chi connectivity index (χ4n) is 6.51. The SMILES string of the molecule is N=C1C(c2ccc(N(c3ccccc3)c3ccccc3)cc2)=CC=C(c2ccc(N(c3ccccc3)c3ccccc3)cc2)/C1=N/Nc1ccncc1. The van der Waals surface area contributed by atoms with E-state index in [2.05, 4.69) is 172 Å². The first-order chi connectivity index (χ1) is 26.2. The predicted octanol–water partition coefficient (Wildman–Crippen LogP) is 12.0. The maximum absolute atomic E-state index is 9.52. The van der Waals surface area contributed by atoms with Crippen LogP contribution in [0.4, 0.5) is 39.8 Å². The van der Waals surface area contributed by atoms with Gasteiger partial charge in [-0.3, -0.25) is 15.8 Å². The van der Waals surface area contributed by atoms with Gasteiger partial charge in [0.25, 0.3) is 0 Å². The third kappa shape index (κ3) is 7.16. The molecule has 0 saturated carbocycles. The molecule has 7 aromatic rings. The Morgan fingerprint density at radius 2 is 0.774 bits per heavy atom. The summed E-state index contributed by atoms with van der Waals surface area (Å²) in [5.41, 5.74) is 14.7. The minimum Gasteiger partial charge on any atom is -0.311 e. The average molecular weight is 685 g/mol. The van der Waals surface area contributed by atoms with Crippen molar-refractivity contribution in [2.24, 2.45) is 5.10 Å². The van der Waals surface area contributed by atoms with E-state index in [-0.39, 0.29) is 0 Å². The van der Waals surface area contributed by atoms with Gasteiger partial charge in [0.2, 0.25) is 0 Å². The second kappa shape index (κ2) is 15.3. The minimum absolute atomic E-state index is 0.332. The standard InChI is InChI=1S/C47H36N6/c48-46-44(35-21-25-42(26-22-35)52(38-13-5-1-6-14-38)39-15-7-2-8-16-39)29-30-45(47(46)51-50-37-31-33-49-34-32-37)36-23-27-43(28-24-36)53(40-17-9-3-10-18-40)41-19-11-4-12-20-41/h1-34,48H,(H,49,50)/b48-46?,51-47-. The van der Waals surface area contributed by atoms with Crippen LogP contribution in [0, 0.1) is 5.41 Å². The van der Waals surface area contributed by atoms with Crippen molar-refractivity contribution in [2.45, 2.75) is 0 Å². The van der Waals surface area contributed by atoms with Crippen molar-refractivity contribution < 1.29 is 0 Å². The lowest BCUT2D eigenvalue weighted by Crippen LogP contribution is -2.21. The zero-order chi connectivity index (χ0) is 35.8. The predicted molar refractivity (Wildman–Crippen MR) is 221 cm³/mol. The van der Waals surface area contributed by atoms with Crippen molar-refractivity contribution in [3.8, 4) is 0 Å². The number of hydrogen-bond acceptors (Lipinski definition) is 6. The first-order valence-corrected chi connectivity index (χ1v) is 17.5. The number of nitrogens with zero attached hydrogens (tertiary/aromatic N) is 4. The third-order valence-corrected chi connectivity index (χ3v) is 9.09. The number of para-hydroxylation sites is 4. The van der Waals surface area contributed by atoms with Gasteiger partial charge in [-0.05, 0) is 96.1 Å². The molecule has 0 saturated heterocycles. The topological polar surface area (TPSA) is 67.6 Å². The maximum Gasteiger partial charge on any atom is 0.117 e. The molecule has 0 amide bonds. The molecule has 1 aromatic heterocycles. The quantitative estimate of drug-likeness (QED) is 0.111. The summed E-state index contributed by atoms with van der Waals surface area (Å²) in [5, 5.41) is 14.4. The summed E-state index contributed by atoms with van der Waals surface area (Å²) >= 11 is 0. The van der Waals surface area contributed by atoms with Crippen LogP contribution in [0.15, 0.2) is 212 Å². The lowest BCUT2D eigenvalue weighted by atomic mass is 9.86. The lowest BCUT2D eigenvalue weighted by Gasteiger charge is -2.26. The van der Waals surface area contributed by atoms with Crippen molar-refractivity contribution in [1.82, 2.24) is 4.98 Å². The molecule has 8 rings (SSSR count). The fraction of sp³-hybridized carbons (Fsp3) is 0. The number of aromatic nitrogens is 1. The van der Waals surface area contributed by atoms with Crippen LogP contribution in [-0.2, 0) is 0 Å². The van der Waals surface area contributed by atoms with E-state index in [4.69, 9.17) is 5.10 Å². The van der Waals surface area contributed by atoms with Gasteiger partial charge in [0.05, 0.1) is 11.4 Å². The molecule has 2 N–H and O–H groups in total. The van der Waals surface area contributed by atoms with Gasteiger partial charge in [0.1, 0.15) is 5.71 Å². The van der Waals surface area contributed by atoms with E-state index in [9.17, 15) is 5.41 Å². The molecular weight excluding hydrogens is 649 g/mol. The largest absolute Gasteiger partial charge is 0.311 e. The number of nitrogens with one attached hydrogen (secondary N) is 2. The number of pyridine rings is 1. The highest BCUT2D eigenvalue weighted by molar-refractivity contribution is 6.69. The molecule has 6 aromatic carbocycles. The Morgan fingerprint density at radius 3 is 1.19 bits per heavy atom. The van der Waals surface area contributed by atoms with Gasteiger partial charge in [0.15, 0.2) is 0 Å². The molecule has 6 heteroatoms. The van der Waals surface area contributed by atoms with Crippen molar-refractivity contribution in [3.05, 3.63) is 218 Å². The van der Waals surface area contributed by atoms with E-state index in [1.807, 2.05) is 42.5 Å². The maximum atomic E-state index is 9.52. The molecule has 0 aliphatic heterocycles. The monoisotopic (exact) mass is 684 g/mol. The summed E-state index contributed by atoms with van der Waals surface area (Å²) in [4.78, 5) is 8.60. The smallest absolute Gasteiger partial charge is 0.117 e. The minimum atomic E-state index is 0.332. The van der Waals surface area contributed by atoms with Crippen molar-refractivity contribution in [2.75, 3.05) is 15.2 Å². The molecule has 6 nitrogen and oxygen atoms in total. The summed E-state index contributed by atoms with van der Waals surface area (Å²) in [5.74, 6) is 0. The Kier molecular flexibility index (Phi) is 9.48. The highest BCUT2D eigenvalue weighted by Gasteiger charge is 2.24. The van der Waals surface area contributed by atoms with Gasteiger partial charge in [-0.2, -0.15) is 5.10 Å². The summed E-state index contributed by atoms with van der Waals surface area (Å²) in [6, 6.07) is 62.0. The second-order valence-electron chi connectivity index (χ2n) is 12.5. The normalized spacial score (nSPS) is 13.2. The number of hydrazone groups is 1. The molecule has 53 heavy (non-hydrogen) atoms. The molecule has 1 aliphatic carbocycles. The Morgan fingerprint density at radius 1 is 0.415 bits per heavy atom. The Labute approximate surface area is 309 Å². The molecule has 254 valence electrons. The highest BCUT2D eigenvalue weighted by atomic mass is 15.3. The summed E-state index contributed by atoms with van der Waals surface area (Å²) < 4.78 is 0. The van der Waals surface area contributed by atoms with E-state index < -0.39 is 0 Å². The van der Waals surface area contributed by atoms with E-state index in [1.165, 1.54) is 0 Å². The second-order valence-corrected chi connectivity index (χ2v) is 12.5. The van der Waals surface area contributed by atoms with E-state index in [0.717, 1.165) is 62.1 Å². The van der Waals surface area contributed by atoms with Crippen LogP contribution in [-0.4, -0.2) is 16.4 Å². The first-order valence-electron chi connectivity index (χ1n) is 17.5. The number of allylic oxidation sites excluding steroid dienone is 4. The van der Waals surface area contributed by atoms with Gasteiger partial charge >= 0.3 is 0 Å². The molecule has 0 fully saturated rings. The molecule has 1 aliphatic rings. The van der Waals surface area contributed by atoms with Gasteiger partial charge in [-0.1, -0.05) is 109 Å². The van der Waals surface area contributed by atoms with Crippen LogP contribution in [0.3, 0.4) is 0 Å². The van der Waals surface area contributed by atoms with Crippen LogP contribution in [0.5, 0.6) is 0 Å². The zero-order valence-electron chi connectivity index (χ0n) is 28.9. The Balaban J connectivity index is 1.15. The van der Waals surface area contributed by atoms with Gasteiger partial charge in [-0.15, -0.1) is 0 Å². The van der Waals surface area contributed by atoms with Crippen LogP contribution in [0.2, 0.25) is 0 Å². The van der Waals surface area contributed by atoms with Crippen molar-refractivity contribution >= 4 is 62.4 Å². The van der Waals surface area contributed by atoms with E-state index in [1.54, 1.807) is 12.4 Å². The molecule has 0 radical (unpaired) electrons. The van der Waals surface area contributed by atoms with Crippen molar-refractivity contribution in [1.29, 1.82) is 5.41 Å². The van der Waals surface area contributed by atoms with Crippen molar-refractivity contribution in [3.63, 3.8) is 0 Å². The van der Waals surface area contributed by atoms with Gasteiger partial charge in [-0.25, -0.2) is 0 Å². The van der Waals surface area contributed by atoms with E-state index >= 15 is 0 Å². The van der Waals surface area contributed by atoms with E-state index in [0.29, 0.717) is 11.4 Å². The van der Waals surface area contributed by atoms with Crippen LogP contribution in [0.1, 0.15) is 11.1 Å². The Hall–Kier alpha value is -7.31. The average Bonchev–Trinajstić information content (AvgIpc) is 3.23. The number of anilines is 7. The number of rotatable bonds is 10. The molecule has 0 atom stereocenters. The van der Waals surface area contributed by atoms with Gasteiger partial charge < -0.3 is 9.80 Å². The third-order valence-electron chi connectivity index (χ3n) is 9.09. The molecule has 0 spiro atoms. The van der Waals surface area contributed by atoms with Crippen LogP contribution < -0.4 is 15.2 Å². The Bertz CT molecular complexity index is 2310. The zero-order valence-corrected chi connectivity index (χ0v) is 28.9. The molecule has 1 heterocycles. The number of benzene rings is 6. The van der Waals surface area contributed by atoms with Gasteiger partial charge in [0, 0.05) is 57.7 Å². The van der Waals surface area contributed by atoms with Crippen LogP contribution in [0.25, 0.3) is 11.1 Å². The summed E-state index contributed by atoms with van der Waals surface area (Å²) in [6.45, 7) is 0. The molecule has 0 unspecified atom stereocenters. The molecular formula is C47H36N6. The number of hydrogen-bond donors (Lipinski definition) is 2. The summed E-state index contributed by atoms with van der Waals surface area (Å²) in [6.07, 6.45) is 7.53.